The molecule has 0 aromatic heterocycles. The van der Waals surface area contributed by atoms with E-state index in [9.17, 15) is 9.59 Å². The van der Waals surface area contributed by atoms with Crippen LogP contribution in [0.25, 0.3) is 0 Å². The van der Waals surface area contributed by atoms with Gasteiger partial charge >= 0.3 is 0 Å². The fourth-order valence-electron chi connectivity index (χ4n) is 2.80. The van der Waals surface area contributed by atoms with Crippen LogP contribution in [0.2, 0.25) is 0 Å². The number of imide groups is 1. The van der Waals surface area contributed by atoms with Crippen molar-refractivity contribution in [2.75, 3.05) is 6.54 Å². The Morgan fingerprint density at radius 3 is 2.24 bits per heavy atom. The van der Waals surface area contributed by atoms with Crippen LogP contribution < -0.4 is 5.32 Å². The summed E-state index contributed by atoms with van der Waals surface area (Å²) in [5.74, 6) is 0.0141. The van der Waals surface area contributed by atoms with Crippen LogP contribution in [0, 0.1) is 5.41 Å². The smallest absolute Gasteiger partial charge is 0.230 e. The van der Waals surface area contributed by atoms with Crippen molar-refractivity contribution in [2.45, 2.75) is 58.5 Å². The zero-order valence-corrected chi connectivity index (χ0v) is 11.0. The highest BCUT2D eigenvalue weighted by atomic mass is 16.2. The molecule has 96 valence electrons. The first-order valence-corrected chi connectivity index (χ1v) is 6.47. The fourth-order valence-corrected chi connectivity index (χ4v) is 2.80. The molecule has 1 N–H and O–H groups in total. The van der Waals surface area contributed by atoms with Gasteiger partial charge in [0, 0.05) is 25.4 Å². The number of piperidine rings is 2. The summed E-state index contributed by atoms with van der Waals surface area (Å²) in [4.78, 5) is 25.7. The Bertz CT molecular complexity index is 310. The summed E-state index contributed by atoms with van der Waals surface area (Å²) >= 11 is 0. The fraction of sp³-hybridized carbons (Fsp3) is 0.846. The standard InChI is InChI=1S/C13H22N2O2/c1-9-4-5-10(8-14-9)15-11(16)6-13(2,3)7-12(15)17/h9-10,14H,4-8H2,1-3H3. The number of nitrogens with zero attached hydrogens (tertiary/aromatic N) is 1. The minimum Gasteiger partial charge on any atom is -0.312 e. The van der Waals surface area contributed by atoms with Crippen molar-refractivity contribution in [1.82, 2.24) is 10.2 Å². The van der Waals surface area contributed by atoms with Crippen LogP contribution in [0.5, 0.6) is 0 Å². The van der Waals surface area contributed by atoms with Crippen molar-refractivity contribution in [1.29, 1.82) is 0 Å². The molecule has 2 amide bonds. The van der Waals surface area contributed by atoms with Crippen LogP contribution in [-0.2, 0) is 9.59 Å². The first-order chi connectivity index (χ1) is 7.89. The van der Waals surface area contributed by atoms with Gasteiger partial charge in [0.05, 0.1) is 6.04 Å². The van der Waals surface area contributed by atoms with Gasteiger partial charge in [0.2, 0.25) is 11.8 Å². The van der Waals surface area contributed by atoms with E-state index in [4.69, 9.17) is 0 Å². The lowest BCUT2D eigenvalue weighted by Crippen LogP contribution is -2.56. The minimum absolute atomic E-state index is 0.00704. The first-order valence-electron chi connectivity index (χ1n) is 6.47. The van der Waals surface area contributed by atoms with Crippen molar-refractivity contribution < 1.29 is 9.59 Å². The molecular weight excluding hydrogens is 216 g/mol. The Morgan fingerprint density at radius 2 is 1.76 bits per heavy atom. The number of hydrogen-bond donors (Lipinski definition) is 1. The van der Waals surface area contributed by atoms with Crippen LogP contribution in [0.4, 0.5) is 0 Å². The van der Waals surface area contributed by atoms with Gasteiger partial charge in [0.25, 0.3) is 0 Å². The molecule has 0 radical (unpaired) electrons. The lowest BCUT2D eigenvalue weighted by Gasteiger charge is -2.41. The monoisotopic (exact) mass is 238 g/mol. The van der Waals surface area contributed by atoms with Crippen LogP contribution >= 0.6 is 0 Å². The van der Waals surface area contributed by atoms with Gasteiger partial charge < -0.3 is 5.32 Å². The highest BCUT2D eigenvalue weighted by Gasteiger charge is 2.41. The van der Waals surface area contributed by atoms with Crippen LogP contribution in [0.15, 0.2) is 0 Å². The van der Waals surface area contributed by atoms with Gasteiger partial charge in [-0.25, -0.2) is 0 Å². The predicted octanol–water partition coefficient (Wildman–Crippen LogP) is 1.30. The highest BCUT2D eigenvalue weighted by Crippen LogP contribution is 2.33. The molecule has 2 saturated heterocycles. The number of carbonyl (C=O) groups excluding carboxylic acids is 2. The molecule has 0 saturated carbocycles. The Kier molecular flexibility index (Phi) is 3.25. The average Bonchev–Trinajstić information content (AvgIpc) is 2.18. The third kappa shape index (κ3) is 2.68. The van der Waals surface area contributed by atoms with E-state index in [-0.39, 0.29) is 23.3 Å². The van der Waals surface area contributed by atoms with Gasteiger partial charge in [-0.1, -0.05) is 13.8 Å². The normalized spacial score (nSPS) is 33.9. The van der Waals surface area contributed by atoms with Gasteiger partial charge in [-0.2, -0.15) is 0 Å². The van der Waals surface area contributed by atoms with Crippen LogP contribution in [0.1, 0.15) is 46.5 Å². The molecule has 0 aliphatic carbocycles. The Balaban J connectivity index is 2.06. The predicted molar refractivity (Wildman–Crippen MR) is 65.4 cm³/mol. The van der Waals surface area contributed by atoms with E-state index in [1.54, 1.807) is 0 Å². The topological polar surface area (TPSA) is 49.4 Å². The molecule has 4 heteroatoms. The van der Waals surface area contributed by atoms with Gasteiger partial charge in [-0.15, -0.1) is 0 Å². The van der Waals surface area contributed by atoms with Crippen molar-refractivity contribution in [2.24, 2.45) is 5.41 Å². The van der Waals surface area contributed by atoms with E-state index in [1.807, 2.05) is 13.8 Å². The number of nitrogens with one attached hydrogen (secondary N) is 1. The van der Waals surface area contributed by atoms with Gasteiger partial charge in [-0.05, 0) is 25.2 Å². The summed E-state index contributed by atoms with van der Waals surface area (Å²) < 4.78 is 0. The molecule has 0 bridgehead atoms. The van der Waals surface area contributed by atoms with E-state index in [0.29, 0.717) is 18.9 Å². The molecular formula is C13H22N2O2. The second kappa shape index (κ2) is 4.41. The first kappa shape index (κ1) is 12.6. The number of amides is 2. The number of hydrogen-bond acceptors (Lipinski definition) is 3. The molecule has 2 rings (SSSR count). The summed E-state index contributed by atoms with van der Waals surface area (Å²) in [7, 11) is 0. The van der Waals surface area contributed by atoms with Gasteiger partial charge in [0.15, 0.2) is 0 Å². The number of carbonyl (C=O) groups is 2. The Hall–Kier alpha value is -0.900. The van der Waals surface area contributed by atoms with Gasteiger partial charge in [-0.3, -0.25) is 14.5 Å². The maximum Gasteiger partial charge on any atom is 0.230 e. The molecule has 2 fully saturated rings. The molecule has 2 unspecified atom stereocenters. The summed E-state index contributed by atoms with van der Waals surface area (Å²) in [5, 5.41) is 3.35. The third-order valence-electron chi connectivity index (χ3n) is 3.80. The summed E-state index contributed by atoms with van der Waals surface area (Å²) in [5.41, 5.74) is -0.167. The number of rotatable bonds is 1. The molecule has 17 heavy (non-hydrogen) atoms. The van der Waals surface area contributed by atoms with Crippen molar-refractivity contribution in [3.8, 4) is 0 Å². The van der Waals surface area contributed by atoms with E-state index in [0.717, 1.165) is 19.4 Å². The second-order valence-electron chi connectivity index (χ2n) is 6.22. The zero-order chi connectivity index (χ0) is 12.6. The molecule has 4 nitrogen and oxygen atoms in total. The molecule has 2 heterocycles. The molecule has 0 spiro atoms. The molecule has 0 aromatic carbocycles. The lowest BCUT2D eigenvalue weighted by atomic mass is 9.81. The van der Waals surface area contributed by atoms with E-state index in [2.05, 4.69) is 12.2 Å². The maximum absolute atomic E-state index is 12.1. The summed E-state index contributed by atoms with van der Waals surface area (Å²) in [6.45, 7) is 6.86. The maximum atomic E-state index is 12.1. The van der Waals surface area contributed by atoms with Crippen molar-refractivity contribution in [3.05, 3.63) is 0 Å². The van der Waals surface area contributed by atoms with Crippen LogP contribution in [-0.4, -0.2) is 35.3 Å². The highest BCUT2D eigenvalue weighted by molar-refractivity contribution is 5.98. The molecule has 2 aliphatic heterocycles. The number of likely N-dealkylation sites (tertiary alicyclic amines) is 1. The molecule has 2 aliphatic rings. The largest absolute Gasteiger partial charge is 0.312 e. The van der Waals surface area contributed by atoms with E-state index >= 15 is 0 Å². The minimum atomic E-state index is -0.167. The third-order valence-corrected chi connectivity index (χ3v) is 3.80. The van der Waals surface area contributed by atoms with Gasteiger partial charge in [0.1, 0.15) is 0 Å². The van der Waals surface area contributed by atoms with E-state index < -0.39 is 0 Å². The lowest BCUT2D eigenvalue weighted by molar-refractivity contribution is -0.156. The summed E-state index contributed by atoms with van der Waals surface area (Å²) in [6.07, 6.45) is 2.95. The Labute approximate surface area is 103 Å². The average molecular weight is 238 g/mol. The Morgan fingerprint density at radius 1 is 1.18 bits per heavy atom. The molecule has 0 aromatic rings. The quantitative estimate of drug-likeness (QED) is 0.701. The second-order valence-corrected chi connectivity index (χ2v) is 6.22. The summed E-state index contributed by atoms with van der Waals surface area (Å²) in [6, 6.07) is 0.569. The van der Waals surface area contributed by atoms with Crippen molar-refractivity contribution in [3.63, 3.8) is 0 Å². The zero-order valence-electron chi connectivity index (χ0n) is 11.0. The van der Waals surface area contributed by atoms with E-state index in [1.165, 1.54) is 4.90 Å². The van der Waals surface area contributed by atoms with Crippen LogP contribution in [0.3, 0.4) is 0 Å². The SMILES string of the molecule is CC1CCC(N2C(=O)CC(C)(C)CC2=O)CN1. The molecule has 2 atom stereocenters. The van der Waals surface area contributed by atoms with Crippen molar-refractivity contribution >= 4 is 11.8 Å².